The topological polar surface area (TPSA) is 26.3 Å². The molecule has 84 valence electrons. The molecule has 0 radical (unpaired) electrons. The van der Waals surface area contributed by atoms with Crippen molar-refractivity contribution in [1.29, 1.82) is 0 Å². The molecular formula is C13H20O2. The van der Waals surface area contributed by atoms with Crippen molar-refractivity contribution in [3.8, 4) is 0 Å². The van der Waals surface area contributed by atoms with Gasteiger partial charge in [0.25, 0.3) is 0 Å². The Morgan fingerprint density at radius 1 is 1.33 bits per heavy atom. The van der Waals surface area contributed by atoms with E-state index in [4.69, 9.17) is 4.74 Å². The summed E-state index contributed by atoms with van der Waals surface area (Å²) in [4.78, 5) is 12.1. The SMILES string of the molecule is COC1(C(=O)CC(C)(C)C)C=CCC=C1. The van der Waals surface area contributed by atoms with Gasteiger partial charge in [0.05, 0.1) is 0 Å². The van der Waals surface area contributed by atoms with Gasteiger partial charge in [-0.15, -0.1) is 0 Å². The summed E-state index contributed by atoms with van der Waals surface area (Å²) < 4.78 is 5.36. The van der Waals surface area contributed by atoms with Crippen molar-refractivity contribution in [3.05, 3.63) is 24.3 Å². The number of hydrogen-bond donors (Lipinski definition) is 0. The van der Waals surface area contributed by atoms with E-state index >= 15 is 0 Å². The number of carbonyl (C=O) groups excluding carboxylic acids is 1. The molecule has 0 N–H and O–H groups in total. The second-order valence-electron chi connectivity index (χ2n) is 5.20. The van der Waals surface area contributed by atoms with Gasteiger partial charge in [0, 0.05) is 13.5 Å². The molecule has 1 aliphatic rings. The standard InChI is InChI=1S/C13H20O2/c1-12(2,3)10-11(14)13(15-4)8-6-5-7-9-13/h6-9H,5,10H2,1-4H3. The quantitative estimate of drug-likeness (QED) is 0.667. The summed E-state index contributed by atoms with van der Waals surface area (Å²) in [6.45, 7) is 6.18. The molecule has 0 aromatic carbocycles. The first kappa shape index (κ1) is 12.2. The predicted octanol–water partition coefficient (Wildman–Crippen LogP) is 2.89. The van der Waals surface area contributed by atoms with E-state index in [1.807, 2.05) is 24.3 Å². The number of ketones is 1. The molecule has 2 nitrogen and oxygen atoms in total. The molecular weight excluding hydrogens is 188 g/mol. The van der Waals surface area contributed by atoms with Gasteiger partial charge >= 0.3 is 0 Å². The summed E-state index contributed by atoms with van der Waals surface area (Å²) in [7, 11) is 1.58. The smallest absolute Gasteiger partial charge is 0.173 e. The molecule has 1 aliphatic carbocycles. The lowest BCUT2D eigenvalue weighted by Gasteiger charge is -2.29. The first-order chi connectivity index (χ1) is 6.90. The van der Waals surface area contributed by atoms with Gasteiger partial charge in [0.2, 0.25) is 0 Å². The van der Waals surface area contributed by atoms with Crippen molar-refractivity contribution < 1.29 is 9.53 Å². The second-order valence-corrected chi connectivity index (χ2v) is 5.20. The van der Waals surface area contributed by atoms with Crippen LogP contribution in [0, 0.1) is 5.41 Å². The lowest BCUT2D eigenvalue weighted by atomic mass is 9.82. The van der Waals surface area contributed by atoms with E-state index in [9.17, 15) is 4.79 Å². The number of methoxy groups -OCH3 is 1. The highest BCUT2D eigenvalue weighted by Gasteiger charge is 2.35. The summed E-state index contributed by atoms with van der Waals surface area (Å²) in [6, 6.07) is 0. The Morgan fingerprint density at radius 2 is 1.87 bits per heavy atom. The third-order valence-electron chi connectivity index (χ3n) is 2.47. The Labute approximate surface area is 92.0 Å². The Hall–Kier alpha value is -0.890. The van der Waals surface area contributed by atoms with Crippen molar-refractivity contribution in [2.24, 2.45) is 5.41 Å². The van der Waals surface area contributed by atoms with Gasteiger partial charge in [0.1, 0.15) is 0 Å². The van der Waals surface area contributed by atoms with E-state index in [0.29, 0.717) is 6.42 Å². The molecule has 0 aromatic heterocycles. The summed E-state index contributed by atoms with van der Waals surface area (Å²) in [6.07, 6.45) is 9.08. The average Bonchev–Trinajstić information content (AvgIpc) is 2.16. The van der Waals surface area contributed by atoms with Crippen molar-refractivity contribution in [2.75, 3.05) is 7.11 Å². The molecule has 0 amide bonds. The second kappa shape index (κ2) is 4.31. The van der Waals surface area contributed by atoms with Crippen LogP contribution < -0.4 is 0 Å². The summed E-state index contributed by atoms with van der Waals surface area (Å²) in [5.74, 6) is 0.129. The van der Waals surface area contributed by atoms with Crippen LogP contribution in [0.4, 0.5) is 0 Å². The van der Waals surface area contributed by atoms with Crippen molar-refractivity contribution in [3.63, 3.8) is 0 Å². The van der Waals surface area contributed by atoms with Crippen LogP contribution >= 0.6 is 0 Å². The van der Waals surface area contributed by atoms with Crippen LogP contribution in [0.1, 0.15) is 33.6 Å². The van der Waals surface area contributed by atoms with Crippen molar-refractivity contribution in [2.45, 2.75) is 39.2 Å². The van der Waals surface area contributed by atoms with E-state index in [2.05, 4.69) is 20.8 Å². The molecule has 0 saturated heterocycles. The molecule has 0 aliphatic heterocycles. The molecule has 0 aromatic rings. The Bertz CT molecular complexity index is 280. The van der Waals surface area contributed by atoms with Crippen LogP contribution in [0.2, 0.25) is 0 Å². The Kier molecular flexibility index (Phi) is 3.50. The summed E-state index contributed by atoms with van der Waals surface area (Å²) in [5.41, 5.74) is -0.812. The molecule has 0 fully saturated rings. The molecule has 2 heteroatoms. The third-order valence-corrected chi connectivity index (χ3v) is 2.47. The maximum Gasteiger partial charge on any atom is 0.173 e. The monoisotopic (exact) mass is 208 g/mol. The van der Waals surface area contributed by atoms with Gasteiger partial charge in [-0.2, -0.15) is 0 Å². The highest BCUT2D eigenvalue weighted by atomic mass is 16.5. The highest BCUT2D eigenvalue weighted by Crippen LogP contribution is 2.28. The fourth-order valence-electron chi connectivity index (χ4n) is 1.68. The van der Waals surface area contributed by atoms with E-state index in [0.717, 1.165) is 6.42 Å². The van der Waals surface area contributed by atoms with Gasteiger partial charge in [-0.3, -0.25) is 4.79 Å². The predicted molar refractivity (Wildman–Crippen MR) is 61.7 cm³/mol. The molecule has 0 saturated carbocycles. The zero-order chi connectivity index (χ0) is 11.5. The largest absolute Gasteiger partial charge is 0.362 e. The first-order valence-electron chi connectivity index (χ1n) is 5.33. The van der Waals surface area contributed by atoms with Gasteiger partial charge < -0.3 is 4.74 Å². The van der Waals surface area contributed by atoms with E-state index in [-0.39, 0.29) is 11.2 Å². The maximum atomic E-state index is 12.1. The van der Waals surface area contributed by atoms with Crippen LogP contribution in [-0.2, 0) is 9.53 Å². The lowest BCUT2D eigenvalue weighted by Crippen LogP contribution is -2.39. The van der Waals surface area contributed by atoms with E-state index in [1.165, 1.54) is 0 Å². The van der Waals surface area contributed by atoms with Crippen molar-refractivity contribution >= 4 is 5.78 Å². The lowest BCUT2D eigenvalue weighted by molar-refractivity contribution is -0.133. The molecule has 1 rings (SSSR count). The van der Waals surface area contributed by atoms with Crippen LogP contribution in [0.3, 0.4) is 0 Å². The van der Waals surface area contributed by atoms with Gasteiger partial charge in [-0.25, -0.2) is 0 Å². The number of rotatable bonds is 3. The molecule has 0 spiro atoms. The van der Waals surface area contributed by atoms with Crippen LogP contribution in [0.5, 0.6) is 0 Å². The zero-order valence-corrected chi connectivity index (χ0v) is 10.0. The number of ether oxygens (including phenoxy) is 1. The van der Waals surface area contributed by atoms with Crippen molar-refractivity contribution in [1.82, 2.24) is 0 Å². The number of hydrogen-bond acceptors (Lipinski definition) is 2. The summed E-state index contributed by atoms with van der Waals surface area (Å²) in [5, 5.41) is 0. The van der Waals surface area contributed by atoms with Crippen LogP contribution in [-0.4, -0.2) is 18.5 Å². The maximum absolute atomic E-state index is 12.1. The minimum atomic E-state index is -0.814. The highest BCUT2D eigenvalue weighted by molar-refractivity contribution is 5.92. The minimum Gasteiger partial charge on any atom is -0.362 e. The normalized spacial score (nSPS) is 19.2. The Balaban J connectivity index is 2.83. The van der Waals surface area contributed by atoms with E-state index < -0.39 is 5.60 Å². The zero-order valence-electron chi connectivity index (χ0n) is 10.0. The molecule has 0 atom stereocenters. The number of allylic oxidation sites excluding steroid dienone is 2. The summed E-state index contributed by atoms with van der Waals surface area (Å²) >= 11 is 0. The molecule has 0 unspecified atom stereocenters. The fourth-order valence-corrected chi connectivity index (χ4v) is 1.68. The van der Waals surface area contributed by atoms with Crippen LogP contribution in [0.15, 0.2) is 24.3 Å². The van der Waals surface area contributed by atoms with Gasteiger partial charge in [0.15, 0.2) is 11.4 Å². The average molecular weight is 208 g/mol. The molecule has 0 bridgehead atoms. The fraction of sp³-hybridized carbons (Fsp3) is 0.615. The number of Topliss-reactive ketones (excluding diaryl/α,β-unsaturated/α-hetero) is 1. The van der Waals surface area contributed by atoms with Crippen LogP contribution in [0.25, 0.3) is 0 Å². The Morgan fingerprint density at radius 3 is 2.27 bits per heavy atom. The van der Waals surface area contributed by atoms with E-state index in [1.54, 1.807) is 7.11 Å². The minimum absolute atomic E-state index is 0.00173. The van der Waals surface area contributed by atoms with Gasteiger partial charge in [-0.05, 0) is 24.0 Å². The van der Waals surface area contributed by atoms with Gasteiger partial charge in [-0.1, -0.05) is 32.9 Å². The molecule has 15 heavy (non-hydrogen) atoms. The first-order valence-corrected chi connectivity index (χ1v) is 5.33. The third kappa shape index (κ3) is 3.03. The number of carbonyl (C=O) groups is 1. The molecule has 0 heterocycles.